The van der Waals surface area contributed by atoms with Gasteiger partial charge in [0.15, 0.2) is 5.82 Å². The summed E-state index contributed by atoms with van der Waals surface area (Å²) in [5.74, 6) is 0.171. The predicted molar refractivity (Wildman–Crippen MR) is 132 cm³/mol. The molecule has 1 saturated carbocycles. The second-order valence-corrected chi connectivity index (χ2v) is 8.90. The van der Waals surface area contributed by atoms with E-state index in [0.29, 0.717) is 35.2 Å². The third kappa shape index (κ3) is 6.59. The first-order chi connectivity index (χ1) is 16.9. The highest BCUT2D eigenvalue weighted by Gasteiger charge is 2.27. The van der Waals surface area contributed by atoms with Crippen molar-refractivity contribution in [2.45, 2.75) is 52.0 Å². The van der Waals surface area contributed by atoms with E-state index in [2.05, 4.69) is 30.9 Å². The van der Waals surface area contributed by atoms with Crippen molar-refractivity contribution < 1.29 is 14.0 Å². The molecule has 2 amide bonds. The minimum Gasteiger partial charge on any atom is -0.353 e. The van der Waals surface area contributed by atoms with Crippen LogP contribution in [0.25, 0.3) is 0 Å². The third-order valence-corrected chi connectivity index (χ3v) is 6.06. The van der Waals surface area contributed by atoms with Crippen LogP contribution in [0.2, 0.25) is 0 Å². The molecular weight excluding hydrogens is 447 g/mol. The summed E-state index contributed by atoms with van der Waals surface area (Å²) in [5, 5.41) is 8.70. The lowest BCUT2D eigenvalue weighted by atomic mass is 9.97. The maximum Gasteiger partial charge on any atom is 0.252 e. The second-order valence-electron chi connectivity index (χ2n) is 8.90. The normalized spacial score (nSPS) is 14.4. The number of nitrogens with one attached hydrogen (secondary N) is 3. The first-order valence-electron chi connectivity index (χ1n) is 11.8. The van der Waals surface area contributed by atoms with Gasteiger partial charge in [-0.15, -0.1) is 0 Å². The fourth-order valence-corrected chi connectivity index (χ4v) is 4.42. The van der Waals surface area contributed by atoms with Crippen LogP contribution < -0.4 is 16.0 Å². The topological polar surface area (TPSA) is 109 Å². The zero-order chi connectivity index (χ0) is 24.8. The molecule has 0 radical (unpaired) electrons. The molecule has 1 atom stereocenters. The van der Waals surface area contributed by atoms with Crippen molar-refractivity contribution in [2.24, 2.45) is 5.92 Å². The Morgan fingerprint density at radius 2 is 1.91 bits per heavy atom. The highest BCUT2D eigenvalue weighted by molar-refractivity contribution is 6.01. The van der Waals surface area contributed by atoms with Crippen LogP contribution in [-0.4, -0.2) is 32.8 Å². The number of halogens is 1. The average Bonchev–Trinajstić information content (AvgIpc) is 3.33. The Balaban J connectivity index is 1.49. The van der Waals surface area contributed by atoms with Crippen LogP contribution in [0.5, 0.6) is 0 Å². The third-order valence-electron chi connectivity index (χ3n) is 6.06. The van der Waals surface area contributed by atoms with E-state index in [1.54, 1.807) is 37.3 Å². The van der Waals surface area contributed by atoms with Gasteiger partial charge in [0, 0.05) is 29.2 Å². The van der Waals surface area contributed by atoms with Gasteiger partial charge in [-0.25, -0.2) is 14.4 Å². The summed E-state index contributed by atoms with van der Waals surface area (Å²) < 4.78 is 14.0. The minimum absolute atomic E-state index is 0.256. The largest absolute Gasteiger partial charge is 0.353 e. The summed E-state index contributed by atoms with van der Waals surface area (Å²) in [7, 11) is 0. The van der Waals surface area contributed by atoms with E-state index in [0.717, 1.165) is 37.6 Å². The highest BCUT2D eigenvalue weighted by Crippen LogP contribution is 2.29. The molecule has 1 aliphatic carbocycles. The number of aryl methyl sites for hydroxylation is 2. The van der Waals surface area contributed by atoms with E-state index in [1.165, 1.54) is 12.3 Å². The Labute approximate surface area is 203 Å². The summed E-state index contributed by atoms with van der Waals surface area (Å²) in [5.41, 5.74) is 1.92. The standard InChI is InChI=1S/C26H29FN6O2/c1-16-12-24(30-17(2)29-16)33-26(35)23(13-18-6-3-4-7-18)32-25(34)19-8-5-9-20(14-19)31-22-10-11-28-15-21(22)27/h5,8-12,14-15,18,23H,3-4,6-7,13H2,1-2H3,(H,28,31)(H,32,34)(H,29,30,33,35)/t23-/m0/s1. The monoisotopic (exact) mass is 476 g/mol. The van der Waals surface area contributed by atoms with Crippen molar-refractivity contribution in [1.29, 1.82) is 0 Å². The Kier molecular flexibility index (Phi) is 7.64. The number of carbonyl (C=O) groups excluding carboxylic acids is 2. The molecule has 0 bridgehead atoms. The Morgan fingerprint density at radius 1 is 1.11 bits per heavy atom. The number of nitrogens with zero attached hydrogens (tertiary/aromatic N) is 3. The van der Waals surface area contributed by atoms with E-state index in [1.807, 2.05) is 6.92 Å². The van der Waals surface area contributed by atoms with Gasteiger partial charge in [0.25, 0.3) is 5.91 Å². The van der Waals surface area contributed by atoms with E-state index in [4.69, 9.17) is 0 Å². The molecule has 2 aromatic heterocycles. The van der Waals surface area contributed by atoms with Gasteiger partial charge in [-0.05, 0) is 50.5 Å². The van der Waals surface area contributed by atoms with Crippen LogP contribution >= 0.6 is 0 Å². The van der Waals surface area contributed by atoms with E-state index < -0.39 is 11.9 Å². The van der Waals surface area contributed by atoms with E-state index in [9.17, 15) is 14.0 Å². The lowest BCUT2D eigenvalue weighted by Gasteiger charge is -2.21. The first kappa shape index (κ1) is 24.3. The lowest BCUT2D eigenvalue weighted by molar-refractivity contribution is -0.118. The Morgan fingerprint density at radius 3 is 2.66 bits per heavy atom. The highest BCUT2D eigenvalue weighted by atomic mass is 19.1. The van der Waals surface area contributed by atoms with Crippen LogP contribution in [0, 0.1) is 25.6 Å². The summed E-state index contributed by atoms with van der Waals surface area (Å²) in [6, 6.07) is 9.22. The molecule has 35 heavy (non-hydrogen) atoms. The number of rotatable bonds is 8. The molecule has 8 nitrogen and oxygen atoms in total. The quantitative estimate of drug-likeness (QED) is 0.435. The van der Waals surface area contributed by atoms with Crippen LogP contribution in [0.4, 0.5) is 21.6 Å². The maximum atomic E-state index is 14.0. The maximum absolute atomic E-state index is 14.0. The molecule has 0 unspecified atom stereocenters. The number of hydrogen-bond donors (Lipinski definition) is 3. The first-order valence-corrected chi connectivity index (χ1v) is 11.8. The van der Waals surface area contributed by atoms with Crippen molar-refractivity contribution in [3.05, 3.63) is 71.7 Å². The van der Waals surface area contributed by atoms with Gasteiger partial charge in [-0.2, -0.15) is 0 Å². The van der Waals surface area contributed by atoms with E-state index in [-0.39, 0.29) is 17.5 Å². The zero-order valence-electron chi connectivity index (χ0n) is 19.8. The van der Waals surface area contributed by atoms with Crippen molar-refractivity contribution in [2.75, 3.05) is 10.6 Å². The van der Waals surface area contributed by atoms with E-state index >= 15 is 0 Å². The van der Waals surface area contributed by atoms with Gasteiger partial charge in [0.1, 0.15) is 17.7 Å². The molecule has 0 saturated heterocycles. The molecule has 3 aromatic rings. The van der Waals surface area contributed by atoms with Gasteiger partial charge in [-0.3, -0.25) is 14.6 Å². The molecule has 1 aromatic carbocycles. The minimum atomic E-state index is -0.713. The number of aromatic nitrogens is 3. The predicted octanol–water partition coefficient (Wildman–Crippen LogP) is 4.69. The molecule has 1 aliphatic rings. The molecule has 0 spiro atoms. The molecule has 1 fully saturated rings. The number of anilines is 3. The van der Waals surface area contributed by atoms with Crippen LogP contribution in [-0.2, 0) is 4.79 Å². The molecule has 4 rings (SSSR count). The summed E-state index contributed by atoms with van der Waals surface area (Å²) in [6.07, 6.45) is 7.51. The van der Waals surface area contributed by atoms with Gasteiger partial charge in [0.2, 0.25) is 5.91 Å². The van der Waals surface area contributed by atoms with Gasteiger partial charge in [-0.1, -0.05) is 31.7 Å². The van der Waals surface area contributed by atoms with Gasteiger partial charge in [0.05, 0.1) is 11.9 Å². The Bertz CT molecular complexity index is 1190. The summed E-state index contributed by atoms with van der Waals surface area (Å²) >= 11 is 0. The number of amides is 2. The van der Waals surface area contributed by atoms with Crippen LogP contribution in [0.1, 0.15) is 54.0 Å². The molecular formula is C26H29FN6O2. The molecule has 3 N–H and O–H groups in total. The molecule has 9 heteroatoms. The number of benzene rings is 1. The van der Waals surface area contributed by atoms with Crippen molar-refractivity contribution in [1.82, 2.24) is 20.3 Å². The van der Waals surface area contributed by atoms with Crippen molar-refractivity contribution in [3.8, 4) is 0 Å². The van der Waals surface area contributed by atoms with Crippen LogP contribution in [0.15, 0.2) is 48.8 Å². The lowest BCUT2D eigenvalue weighted by Crippen LogP contribution is -2.45. The average molecular weight is 477 g/mol. The van der Waals surface area contributed by atoms with Gasteiger partial charge < -0.3 is 16.0 Å². The zero-order valence-corrected chi connectivity index (χ0v) is 19.8. The molecule has 0 aliphatic heterocycles. The number of hydrogen-bond acceptors (Lipinski definition) is 6. The summed E-state index contributed by atoms with van der Waals surface area (Å²) in [4.78, 5) is 38.6. The Hall–Kier alpha value is -3.88. The van der Waals surface area contributed by atoms with Crippen LogP contribution in [0.3, 0.4) is 0 Å². The smallest absolute Gasteiger partial charge is 0.252 e. The van der Waals surface area contributed by atoms with Crippen molar-refractivity contribution >= 4 is 29.0 Å². The summed E-state index contributed by atoms with van der Waals surface area (Å²) in [6.45, 7) is 3.60. The molecule has 2 heterocycles. The van der Waals surface area contributed by atoms with Gasteiger partial charge >= 0.3 is 0 Å². The SMILES string of the molecule is Cc1cc(NC(=O)[C@H](CC2CCCC2)NC(=O)c2cccc(Nc3ccncc3F)c2)nc(C)n1. The number of carbonyl (C=O) groups is 2. The molecule has 182 valence electrons. The second kappa shape index (κ2) is 11.0. The fourth-order valence-electron chi connectivity index (χ4n) is 4.42. The van der Waals surface area contributed by atoms with Crippen molar-refractivity contribution in [3.63, 3.8) is 0 Å². The number of pyridine rings is 1. The fraction of sp³-hybridized carbons (Fsp3) is 0.346.